The van der Waals surface area contributed by atoms with Crippen molar-refractivity contribution in [2.75, 3.05) is 11.4 Å². The van der Waals surface area contributed by atoms with Crippen LogP contribution in [0.3, 0.4) is 0 Å². The molecule has 3 aromatic heterocycles. The maximum Gasteiger partial charge on any atom is 0.280 e. The summed E-state index contributed by atoms with van der Waals surface area (Å²) in [6.45, 7) is 0.656. The number of fused-ring (bicyclic) bond motifs is 2. The summed E-state index contributed by atoms with van der Waals surface area (Å²) in [6, 6.07) is 5.88. The number of hydrogen-bond donors (Lipinski definition) is 1. The molecular weight excluding hydrogens is 292 g/mol. The first-order chi connectivity index (χ1) is 11.3. The number of carbonyl (C=O) groups excluding carboxylic acids is 1. The second-order valence-electron chi connectivity index (χ2n) is 6.20. The average Bonchev–Trinajstić information content (AvgIpc) is 3.19. The number of carbonyl (C=O) groups is 1. The molecule has 116 valence electrons. The summed E-state index contributed by atoms with van der Waals surface area (Å²) < 4.78 is 2.05. The number of amides is 1. The molecule has 0 spiro atoms. The minimum absolute atomic E-state index is 0.0875. The Morgan fingerprint density at radius 3 is 3.04 bits per heavy atom. The maximum atomic E-state index is 13.1. The normalized spacial score (nSPS) is 17.5. The van der Waals surface area contributed by atoms with E-state index >= 15 is 0 Å². The molecule has 1 amide bonds. The molecule has 5 rings (SSSR count). The van der Waals surface area contributed by atoms with E-state index in [1.807, 2.05) is 24.4 Å². The van der Waals surface area contributed by atoms with Crippen molar-refractivity contribution in [1.82, 2.24) is 24.8 Å². The Balaban J connectivity index is 1.63. The third kappa shape index (κ3) is 1.89. The zero-order valence-corrected chi connectivity index (χ0v) is 12.6. The van der Waals surface area contributed by atoms with E-state index in [0.29, 0.717) is 24.0 Å². The van der Waals surface area contributed by atoms with Gasteiger partial charge in [-0.1, -0.05) is 6.07 Å². The van der Waals surface area contributed by atoms with Gasteiger partial charge in [0.1, 0.15) is 11.5 Å². The molecule has 0 unspecified atom stereocenters. The Morgan fingerprint density at radius 1 is 1.26 bits per heavy atom. The van der Waals surface area contributed by atoms with E-state index in [2.05, 4.69) is 19.8 Å². The molecule has 0 radical (unpaired) electrons. The van der Waals surface area contributed by atoms with E-state index in [9.17, 15) is 4.79 Å². The predicted octanol–water partition coefficient (Wildman–Crippen LogP) is 1.92. The number of nitrogens with zero attached hydrogens (tertiary/aromatic N) is 5. The Labute approximate surface area is 132 Å². The van der Waals surface area contributed by atoms with Crippen LogP contribution in [0.1, 0.15) is 47.2 Å². The Morgan fingerprint density at radius 2 is 2.17 bits per heavy atom. The largest absolute Gasteiger partial charge is 0.303 e. The van der Waals surface area contributed by atoms with Crippen molar-refractivity contribution in [3.05, 3.63) is 41.6 Å². The first-order valence-corrected chi connectivity index (χ1v) is 8.01. The second kappa shape index (κ2) is 4.65. The van der Waals surface area contributed by atoms with Crippen molar-refractivity contribution in [3.63, 3.8) is 0 Å². The molecule has 1 aliphatic heterocycles. The predicted molar refractivity (Wildman–Crippen MR) is 83.5 cm³/mol. The number of H-pyrrole nitrogens is 1. The molecule has 7 nitrogen and oxygen atoms in total. The number of hydrogen-bond acceptors (Lipinski definition) is 4. The van der Waals surface area contributed by atoms with Gasteiger partial charge in [-0.3, -0.25) is 9.69 Å². The lowest BCUT2D eigenvalue weighted by Gasteiger charge is -2.23. The fourth-order valence-electron chi connectivity index (χ4n) is 3.32. The van der Waals surface area contributed by atoms with Gasteiger partial charge >= 0.3 is 0 Å². The molecule has 1 fully saturated rings. The molecule has 1 aliphatic carbocycles. The van der Waals surface area contributed by atoms with E-state index in [1.54, 1.807) is 4.90 Å². The Kier molecular flexibility index (Phi) is 2.59. The maximum absolute atomic E-state index is 13.1. The molecular formula is C16H16N6O. The van der Waals surface area contributed by atoms with Crippen LogP contribution in [0.25, 0.3) is 5.52 Å². The molecule has 0 saturated heterocycles. The fourth-order valence-corrected chi connectivity index (χ4v) is 3.32. The summed E-state index contributed by atoms with van der Waals surface area (Å²) in [5.74, 6) is 2.04. The van der Waals surface area contributed by atoms with E-state index in [4.69, 9.17) is 4.98 Å². The van der Waals surface area contributed by atoms with Crippen LogP contribution in [0.15, 0.2) is 24.4 Å². The summed E-state index contributed by atoms with van der Waals surface area (Å²) >= 11 is 0. The highest BCUT2D eigenvalue weighted by Gasteiger charge is 2.33. The zero-order chi connectivity index (χ0) is 15.4. The molecule has 23 heavy (non-hydrogen) atoms. The van der Waals surface area contributed by atoms with Gasteiger partial charge in [-0.05, 0) is 37.8 Å². The number of aromatic nitrogens is 5. The monoisotopic (exact) mass is 308 g/mol. The topological polar surface area (TPSA) is 79.2 Å². The fraction of sp³-hybridized carbons (Fsp3) is 0.375. The van der Waals surface area contributed by atoms with Gasteiger partial charge < -0.3 is 4.40 Å². The Hall–Kier alpha value is -2.70. The first-order valence-electron chi connectivity index (χ1n) is 8.01. The van der Waals surface area contributed by atoms with Crippen LogP contribution in [-0.4, -0.2) is 37.2 Å². The number of aryl methyl sites for hydroxylation is 1. The van der Waals surface area contributed by atoms with Gasteiger partial charge in [-0.2, -0.15) is 10.3 Å². The van der Waals surface area contributed by atoms with Gasteiger partial charge in [0.15, 0.2) is 11.5 Å². The van der Waals surface area contributed by atoms with Crippen LogP contribution >= 0.6 is 0 Å². The van der Waals surface area contributed by atoms with Crippen molar-refractivity contribution < 1.29 is 4.79 Å². The van der Waals surface area contributed by atoms with Crippen LogP contribution in [0.5, 0.6) is 0 Å². The smallest absolute Gasteiger partial charge is 0.280 e. The molecule has 1 N–H and O–H groups in total. The number of rotatable bonds is 2. The third-order valence-corrected chi connectivity index (χ3v) is 4.62. The lowest BCUT2D eigenvalue weighted by Crippen LogP contribution is -2.36. The van der Waals surface area contributed by atoms with Gasteiger partial charge in [-0.25, -0.2) is 4.98 Å². The number of anilines is 1. The molecule has 0 aromatic carbocycles. The van der Waals surface area contributed by atoms with Crippen molar-refractivity contribution in [2.24, 2.45) is 0 Å². The average molecular weight is 308 g/mol. The highest BCUT2D eigenvalue weighted by Crippen LogP contribution is 2.40. The number of aromatic amines is 1. The van der Waals surface area contributed by atoms with Gasteiger partial charge in [0.05, 0.1) is 5.52 Å². The standard InChI is InChI=1S/C16H16N6O/c23-16(22-9-3-4-11-15(22)19-20-18-11)13-12-5-1-2-8-21(12)14(17-13)10-6-7-10/h1-2,5,8,10H,3-4,6-7,9H2,(H,18,19,20). The van der Waals surface area contributed by atoms with E-state index in [1.165, 1.54) is 0 Å². The quantitative estimate of drug-likeness (QED) is 0.784. The SMILES string of the molecule is O=C(c1nc(C2CC2)n2ccccc12)N1CCCc2n[nH]nc21. The number of nitrogens with one attached hydrogen (secondary N) is 1. The lowest BCUT2D eigenvalue weighted by atomic mass is 10.1. The minimum Gasteiger partial charge on any atom is -0.303 e. The summed E-state index contributed by atoms with van der Waals surface area (Å²) in [6.07, 6.45) is 6.04. The summed E-state index contributed by atoms with van der Waals surface area (Å²) in [5.41, 5.74) is 2.24. The summed E-state index contributed by atoms with van der Waals surface area (Å²) in [4.78, 5) is 19.5. The summed E-state index contributed by atoms with van der Waals surface area (Å²) in [7, 11) is 0. The van der Waals surface area contributed by atoms with E-state index < -0.39 is 0 Å². The minimum atomic E-state index is -0.0875. The Bertz CT molecular complexity index is 906. The highest BCUT2D eigenvalue weighted by molar-refractivity contribution is 6.09. The zero-order valence-electron chi connectivity index (χ0n) is 12.6. The van der Waals surface area contributed by atoms with E-state index in [-0.39, 0.29) is 5.91 Å². The second-order valence-corrected chi connectivity index (χ2v) is 6.20. The van der Waals surface area contributed by atoms with Crippen LogP contribution in [0.4, 0.5) is 5.82 Å². The molecule has 0 bridgehead atoms. The molecule has 7 heteroatoms. The molecule has 0 atom stereocenters. The van der Waals surface area contributed by atoms with Crippen molar-refractivity contribution in [3.8, 4) is 0 Å². The van der Waals surface area contributed by atoms with Crippen molar-refractivity contribution in [1.29, 1.82) is 0 Å². The van der Waals surface area contributed by atoms with Crippen molar-refractivity contribution >= 4 is 17.2 Å². The van der Waals surface area contributed by atoms with Crippen LogP contribution < -0.4 is 4.90 Å². The molecule has 3 aromatic rings. The lowest BCUT2D eigenvalue weighted by molar-refractivity contribution is 0.0981. The van der Waals surface area contributed by atoms with E-state index in [0.717, 1.165) is 42.7 Å². The highest BCUT2D eigenvalue weighted by atomic mass is 16.2. The van der Waals surface area contributed by atoms with Crippen LogP contribution in [0, 0.1) is 0 Å². The van der Waals surface area contributed by atoms with Crippen molar-refractivity contribution in [2.45, 2.75) is 31.6 Å². The number of imidazole rings is 1. The number of pyridine rings is 1. The van der Waals surface area contributed by atoms with Crippen LogP contribution in [0.2, 0.25) is 0 Å². The van der Waals surface area contributed by atoms with Gasteiger partial charge in [0.2, 0.25) is 0 Å². The van der Waals surface area contributed by atoms with Gasteiger partial charge in [0.25, 0.3) is 5.91 Å². The first kappa shape index (κ1) is 12.8. The van der Waals surface area contributed by atoms with Crippen LogP contribution in [-0.2, 0) is 6.42 Å². The third-order valence-electron chi connectivity index (χ3n) is 4.62. The van der Waals surface area contributed by atoms with Gasteiger partial charge in [-0.15, -0.1) is 5.10 Å². The molecule has 1 saturated carbocycles. The summed E-state index contributed by atoms with van der Waals surface area (Å²) in [5, 5.41) is 10.9. The molecule has 4 heterocycles. The van der Waals surface area contributed by atoms with Gasteiger partial charge in [0, 0.05) is 18.7 Å². The molecule has 2 aliphatic rings.